The van der Waals surface area contributed by atoms with Crippen LogP contribution in [0.3, 0.4) is 0 Å². The number of nitrogens with one attached hydrogen (secondary N) is 1. The van der Waals surface area contributed by atoms with Gasteiger partial charge in [-0.3, -0.25) is 9.80 Å². The number of esters is 1. The van der Waals surface area contributed by atoms with Crippen LogP contribution >= 0.6 is 0 Å². The summed E-state index contributed by atoms with van der Waals surface area (Å²) in [7, 11) is 0. The van der Waals surface area contributed by atoms with Gasteiger partial charge in [0.2, 0.25) is 0 Å². The second-order valence-electron chi connectivity index (χ2n) is 9.02. The first-order valence-corrected chi connectivity index (χ1v) is 11.1. The molecule has 0 spiro atoms. The highest BCUT2D eigenvalue weighted by atomic mass is 16.6. The largest absolute Gasteiger partial charge is 0.458 e. The van der Waals surface area contributed by atoms with Crippen molar-refractivity contribution < 1.29 is 14.3 Å². The number of benzene rings is 2. The summed E-state index contributed by atoms with van der Waals surface area (Å²) in [6, 6.07) is 16.4. The topological polar surface area (TPSA) is 102 Å². The summed E-state index contributed by atoms with van der Waals surface area (Å²) in [5.41, 5.74) is 2.36. The molecule has 1 atom stereocenters. The fourth-order valence-electron chi connectivity index (χ4n) is 3.67. The van der Waals surface area contributed by atoms with Crippen molar-refractivity contribution in [3.8, 4) is 0 Å². The molecule has 9 nitrogen and oxygen atoms in total. The molecule has 0 unspecified atom stereocenters. The van der Waals surface area contributed by atoms with Crippen LogP contribution in [0.2, 0.25) is 0 Å². The zero-order chi connectivity index (χ0) is 24.1. The van der Waals surface area contributed by atoms with Crippen LogP contribution < -0.4 is 10.3 Å². The highest BCUT2D eigenvalue weighted by molar-refractivity contribution is 6.40. The number of aromatic nitrogens is 3. The first-order chi connectivity index (χ1) is 16.3. The van der Waals surface area contributed by atoms with Crippen molar-refractivity contribution in [1.29, 1.82) is 0 Å². The maximum absolute atomic E-state index is 13.0. The normalized spacial score (nSPS) is 15.7. The van der Waals surface area contributed by atoms with Crippen LogP contribution in [0, 0.1) is 0 Å². The molecule has 34 heavy (non-hydrogen) atoms. The molecule has 0 bridgehead atoms. The van der Waals surface area contributed by atoms with Crippen LogP contribution in [0.25, 0.3) is 0 Å². The van der Waals surface area contributed by atoms with Gasteiger partial charge in [0.1, 0.15) is 24.0 Å². The Labute approximate surface area is 198 Å². The Bertz CT molecular complexity index is 1170. The molecule has 3 aromatic rings. The van der Waals surface area contributed by atoms with Crippen molar-refractivity contribution in [3.63, 3.8) is 0 Å². The van der Waals surface area contributed by atoms with E-state index in [0.717, 1.165) is 16.8 Å². The van der Waals surface area contributed by atoms with Crippen molar-refractivity contribution in [1.82, 2.24) is 20.1 Å². The number of ether oxygens (including phenoxy) is 1. The van der Waals surface area contributed by atoms with Gasteiger partial charge in [0.25, 0.3) is 5.91 Å². The predicted octanol–water partition coefficient (Wildman–Crippen LogP) is 2.92. The lowest BCUT2D eigenvalue weighted by atomic mass is 10.1. The van der Waals surface area contributed by atoms with Crippen LogP contribution in [0.1, 0.15) is 38.3 Å². The fraction of sp³-hybridized carbons (Fsp3) is 0.320. The smallest absolute Gasteiger partial charge is 0.331 e. The molecule has 0 saturated heterocycles. The van der Waals surface area contributed by atoms with Crippen LogP contribution in [-0.4, -0.2) is 44.0 Å². The summed E-state index contributed by atoms with van der Waals surface area (Å²) in [5, 5.41) is 13.2. The molecule has 4 rings (SSSR count). The summed E-state index contributed by atoms with van der Waals surface area (Å²) in [5.74, 6) is -0.733. The lowest BCUT2D eigenvalue weighted by Crippen LogP contribution is -2.40. The summed E-state index contributed by atoms with van der Waals surface area (Å²) >= 11 is 0. The second-order valence-corrected chi connectivity index (χ2v) is 9.02. The maximum Gasteiger partial charge on any atom is 0.331 e. The van der Waals surface area contributed by atoms with Crippen LogP contribution in [0.5, 0.6) is 0 Å². The van der Waals surface area contributed by atoms with Crippen molar-refractivity contribution >= 4 is 23.3 Å². The molecule has 0 saturated carbocycles. The van der Waals surface area contributed by atoms with Gasteiger partial charge in [-0.25, -0.2) is 14.5 Å². The molecule has 9 heteroatoms. The fourth-order valence-corrected chi connectivity index (χ4v) is 3.67. The molecule has 0 radical (unpaired) electrons. The van der Waals surface area contributed by atoms with E-state index in [1.807, 2.05) is 75.4 Å². The minimum absolute atomic E-state index is 0.163. The number of carbonyl (C=O) groups excluding carboxylic acids is 2. The molecule has 1 amide bonds. The molecule has 2 aromatic carbocycles. The number of rotatable bonds is 7. The number of nitrogens with zero attached hydrogens (tertiary/aromatic N) is 5. The van der Waals surface area contributed by atoms with Crippen molar-refractivity contribution in [2.45, 2.75) is 51.9 Å². The van der Waals surface area contributed by atoms with E-state index in [9.17, 15) is 9.59 Å². The van der Waals surface area contributed by atoms with E-state index in [-0.39, 0.29) is 18.0 Å². The lowest BCUT2D eigenvalue weighted by molar-refractivity contribution is -0.156. The molecular weight excluding hydrogens is 432 g/mol. The second kappa shape index (κ2) is 9.86. The number of carbonyl (C=O) groups is 2. The van der Waals surface area contributed by atoms with Crippen molar-refractivity contribution in [3.05, 3.63) is 78.4 Å². The van der Waals surface area contributed by atoms with Gasteiger partial charge >= 0.3 is 5.97 Å². The van der Waals surface area contributed by atoms with Gasteiger partial charge in [-0.05, 0) is 44.0 Å². The van der Waals surface area contributed by atoms with Crippen LogP contribution in [0.4, 0.5) is 5.69 Å². The molecule has 0 fully saturated rings. The molecule has 1 aliphatic rings. The third-order valence-electron chi connectivity index (χ3n) is 5.23. The number of para-hydroxylation sites is 1. The Hall–Kier alpha value is -4.01. The van der Waals surface area contributed by atoms with E-state index in [2.05, 4.69) is 20.5 Å². The quantitative estimate of drug-likeness (QED) is 0.544. The number of hydrazone groups is 1. The average molecular weight is 461 g/mol. The third kappa shape index (κ3) is 5.67. The molecule has 176 valence electrons. The number of anilines is 1. The first-order valence-electron chi connectivity index (χ1n) is 11.1. The predicted molar refractivity (Wildman–Crippen MR) is 128 cm³/mol. The Morgan fingerprint density at radius 1 is 1.06 bits per heavy atom. The Balaban J connectivity index is 1.48. The van der Waals surface area contributed by atoms with Gasteiger partial charge in [0, 0.05) is 13.0 Å². The summed E-state index contributed by atoms with van der Waals surface area (Å²) in [6.45, 7) is 6.33. The molecular formula is C25H28N6O3. The van der Waals surface area contributed by atoms with Crippen LogP contribution in [0.15, 0.2) is 72.4 Å². The number of amides is 1. The van der Waals surface area contributed by atoms with Gasteiger partial charge in [-0.2, -0.15) is 10.2 Å². The minimum atomic E-state index is -0.707. The van der Waals surface area contributed by atoms with Gasteiger partial charge in [0.15, 0.2) is 6.04 Å². The van der Waals surface area contributed by atoms with Gasteiger partial charge in [-0.1, -0.05) is 42.5 Å². The van der Waals surface area contributed by atoms with E-state index >= 15 is 0 Å². The summed E-state index contributed by atoms with van der Waals surface area (Å²) < 4.78 is 7.32. The first kappa shape index (κ1) is 23.2. The van der Waals surface area contributed by atoms with Crippen molar-refractivity contribution in [2.75, 3.05) is 5.01 Å². The molecule has 1 N–H and O–H groups in total. The monoisotopic (exact) mass is 460 g/mol. The SMILES string of the molecule is CC(C)(C)OC(=O)[C@@H]1CC(C(=O)NCc2ccccc2Cn2cncn2)=NN1c1ccccc1. The molecule has 1 aromatic heterocycles. The minimum Gasteiger partial charge on any atom is -0.458 e. The van der Waals surface area contributed by atoms with Gasteiger partial charge < -0.3 is 10.1 Å². The summed E-state index contributed by atoms with van der Waals surface area (Å²) in [4.78, 5) is 29.9. The van der Waals surface area contributed by atoms with Crippen molar-refractivity contribution in [2.24, 2.45) is 5.10 Å². The van der Waals surface area contributed by atoms with E-state index in [1.165, 1.54) is 6.33 Å². The molecule has 2 heterocycles. The zero-order valence-corrected chi connectivity index (χ0v) is 19.5. The van der Waals surface area contributed by atoms with Gasteiger partial charge in [0.05, 0.1) is 12.2 Å². The van der Waals surface area contributed by atoms with Crippen LogP contribution in [-0.2, 0) is 27.4 Å². The van der Waals surface area contributed by atoms with E-state index in [4.69, 9.17) is 4.74 Å². The van der Waals surface area contributed by atoms with E-state index < -0.39 is 17.6 Å². The number of hydrogen-bond donors (Lipinski definition) is 1. The lowest BCUT2D eigenvalue weighted by Gasteiger charge is -2.26. The van der Waals surface area contributed by atoms with Gasteiger partial charge in [-0.15, -0.1) is 0 Å². The number of hydrogen-bond acceptors (Lipinski definition) is 7. The average Bonchev–Trinajstić information content (AvgIpc) is 3.48. The zero-order valence-electron chi connectivity index (χ0n) is 19.5. The summed E-state index contributed by atoms with van der Waals surface area (Å²) in [6.07, 6.45) is 3.30. The maximum atomic E-state index is 13.0. The Morgan fingerprint density at radius 2 is 1.76 bits per heavy atom. The Morgan fingerprint density at radius 3 is 2.44 bits per heavy atom. The highest BCUT2D eigenvalue weighted by Crippen LogP contribution is 2.26. The Kier molecular flexibility index (Phi) is 6.72. The molecule has 1 aliphatic heterocycles. The highest BCUT2D eigenvalue weighted by Gasteiger charge is 2.38. The molecule has 0 aliphatic carbocycles. The third-order valence-corrected chi connectivity index (χ3v) is 5.23. The van der Waals surface area contributed by atoms with E-state index in [1.54, 1.807) is 16.0 Å². The van der Waals surface area contributed by atoms with E-state index in [0.29, 0.717) is 13.1 Å². The standard InChI is InChI=1S/C25H28N6O3/c1-25(2,3)34-24(33)22-13-21(29-31(22)20-11-5-4-6-12-20)23(32)27-14-18-9-7-8-10-19(18)15-30-17-26-16-28-30/h4-12,16-17,22H,13-15H2,1-3H3,(H,27,32)/t22-/m0/s1.